The van der Waals surface area contributed by atoms with Crippen LogP contribution in [-0.4, -0.2) is 35.8 Å². The molecule has 0 amide bonds. The minimum atomic E-state index is -1.05. The highest BCUT2D eigenvalue weighted by atomic mass is 16.4. The largest absolute Gasteiger partial charge is 0.477 e. The number of hydrogen-bond acceptors (Lipinski definition) is 4. The van der Waals surface area contributed by atoms with Crippen LogP contribution in [0.15, 0.2) is 12.5 Å². The van der Waals surface area contributed by atoms with Gasteiger partial charge in [0.25, 0.3) is 0 Å². The fourth-order valence-corrected chi connectivity index (χ4v) is 1.04. The third-order valence-corrected chi connectivity index (χ3v) is 1.73. The van der Waals surface area contributed by atoms with E-state index in [9.17, 15) is 4.79 Å². The van der Waals surface area contributed by atoms with Gasteiger partial charge in [-0.15, -0.1) is 10.2 Å². The minimum absolute atomic E-state index is 0.0306. The number of carboxylic acid groups (broad SMARTS) is 1. The second kappa shape index (κ2) is 2.95. The van der Waals surface area contributed by atoms with Crippen molar-refractivity contribution in [1.82, 2.24) is 24.7 Å². The maximum absolute atomic E-state index is 10.6. The van der Waals surface area contributed by atoms with Crippen LogP contribution in [-0.2, 0) is 7.05 Å². The van der Waals surface area contributed by atoms with Gasteiger partial charge in [0.15, 0.2) is 11.6 Å². The first-order valence-electron chi connectivity index (χ1n) is 3.81. The lowest BCUT2D eigenvalue weighted by molar-refractivity contribution is 0.0691. The van der Waals surface area contributed by atoms with Crippen molar-refractivity contribution in [3.8, 4) is 11.6 Å². The number of carboxylic acids is 1. The first kappa shape index (κ1) is 8.42. The van der Waals surface area contributed by atoms with Crippen LogP contribution in [0.1, 0.15) is 10.5 Å². The average molecular weight is 193 g/mol. The topological polar surface area (TPSA) is 96.7 Å². The Morgan fingerprint density at radius 2 is 2.43 bits per heavy atom. The van der Waals surface area contributed by atoms with Crippen LogP contribution in [0.5, 0.6) is 0 Å². The second-order valence-corrected chi connectivity index (χ2v) is 2.72. The van der Waals surface area contributed by atoms with Crippen molar-refractivity contribution in [1.29, 1.82) is 0 Å². The number of aromatic nitrogens is 5. The molecule has 0 fully saturated rings. The SMILES string of the molecule is Cn1cnnc1-c1ncc(C(=O)O)[nH]1. The van der Waals surface area contributed by atoms with E-state index in [0.717, 1.165) is 0 Å². The summed E-state index contributed by atoms with van der Waals surface area (Å²) in [5.74, 6) is -0.161. The lowest BCUT2D eigenvalue weighted by Crippen LogP contribution is -1.97. The van der Waals surface area contributed by atoms with E-state index >= 15 is 0 Å². The Morgan fingerprint density at radius 3 is 2.93 bits per heavy atom. The van der Waals surface area contributed by atoms with Crippen LogP contribution in [0.3, 0.4) is 0 Å². The summed E-state index contributed by atoms with van der Waals surface area (Å²) >= 11 is 0. The fourth-order valence-electron chi connectivity index (χ4n) is 1.04. The van der Waals surface area contributed by atoms with Gasteiger partial charge in [-0.1, -0.05) is 0 Å². The van der Waals surface area contributed by atoms with Crippen LogP contribution in [0.25, 0.3) is 11.6 Å². The van der Waals surface area contributed by atoms with Crippen molar-refractivity contribution in [3.05, 3.63) is 18.2 Å². The molecule has 2 aromatic heterocycles. The van der Waals surface area contributed by atoms with Crippen molar-refractivity contribution in [3.63, 3.8) is 0 Å². The monoisotopic (exact) mass is 193 g/mol. The van der Waals surface area contributed by atoms with Gasteiger partial charge in [0.1, 0.15) is 12.0 Å². The van der Waals surface area contributed by atoms with Crippen LogP contribution >= 0.6 is 0 Å². The number of imidazole rings is 1. The molecule has 0 aliphatic carbocycles. The van der Waals surface area contributed by atoms with Gasteiger partial charge in [-0.05, 0) is 0 Å². The number of aromatic carboxylic acids is 1. The summed E-state index contributed by atoms with van der Waals surface area (Å²) in [5, 5.41) is 16.1. The Kier molecular flexibility index (Phi) is 1.77. The van der Waals surface area contributed by atoms with Crippen LogP contribution < -0.4 is 0 Å². The Labute approximate surface area is 78.4 Å². The third-order valence-electron chi connectivity index (χ3n) is 1.73. The predicted molar refractivity (Wildman–Crippen MR) is 45.5 cm³/mol. The molecule has 2 heterocycles. The van der Waals surface area contributed by atoms with E-state index < -0.39 is 5.97 Å². The zero-order valence-electron chi connectivity index (χ0n) is 7.30. The number of rotatable bonds is 2. The lowest BCUT2D eigenvalue weighted by atomic mass is 10.5. The summed E-state index contributed by atoms with van der Waals surface area (Å²) in [4.78, 5) is 17.1. The fraction of sp³-hybridized carbons (Fsp3) is 0.143. The van der Waals surface area contributed by atoms with E-state index in [4.69, 9.17) is 5.11 Å². The number of aromatic amines is 1. The summed E-state index contributed by atoms with van der Waals surface area (Å²) in [6, 6.07) is 0. The number of nitrogens with one attached hydrogen (secondary N) is 1. The molecule has 72 valence electrons. The molecule has 0 unspecified atom stereocenters. The molecule has 0 spiro atoms. The molecule has 14 heavy (non-hydrogen) atoms. The van der Waals surface area contributed by atoms with E-state index in [0.29, 0.717) is 11.6 Å². The molecule has 7 nitrogen and oxygen atoms in total. The highest BCUT2D eigenvalue weighted by Crippen LogP contribution is 2.10. The second-order valence-electron chi connectivity index (χ2n) is 2.72. The first-order chi connectivity index (χ1) is 6.68. The van der Waals surface area contributed by atoms with E-state index in [-0.39, 0.29) is 5.69 Å². The Bertz CT molecular complexity index is 472. The van der Waals surface area contributed by atoms with Gasteiger partial charge in [-0.2, -0.15) is 0 Å². The molecule has 0 aliphatic rings. The van der Waals surface area contributed by atoms with E-state index in [1.807, 2.05) is 0 Å². The molecule has 0 bridgehead atoms. The third kappa shape index (κ3) is 1.24. The predicted octanol–water partition coefficient (Wildman–Crippen LogP) is -0.0966. The first-order valence-corrected chi connectivity index (χ1v) is 3.81. The molecular formula is C7H7N5O2. The summed E-state index contributed by atoms with van der Waals surface area (Å²) in [6.45, 7) is 0. The van der Waals surface area contributed by atoms with Crippen molar-refractivity contribution < 1.29 is 9.90 Å². The Balaban J connectivity index is 2.43. The van der Waals surface area contributed by atoms with Crippen LogP contribution in [0, 0.1) is 0 Å². The van der Waals surface area contributed by atoms with Crippen molar-refractivity contribution in [2.75, 3.05) is 0 Å². The smallest absolute Gasteiger partial charge is 0.353 e. The van der Waals surface area contributed by atoms with Crippen LogP contribution in [0.4, 0.5) is 0 Å². The molecule has 0 saturated heterocycles. The molecule has 0 aliphatic heterocycles. The van der Waals surface area contributed by atoms with Crippen molar-refractivity contribution >= 4 is 5.97 Å². The zero-order valence-corrected chi connectivity index (χ0v) is 7.30. The maximum Gasteiger partial charge on any atom is 0.353 e. The molecule has 7 heteroatoms. The summed E-state index contributed by atoms with van der Waals surface area (Å²) < 4.78 is 1.64. The standard InChI is InChI=1S/C7H7N5O2/c1-12-3-9-11-6(12)5-8-2-4(10-5)7(13)14/h2-3H,1H3,(H,8,10)(H,13,14). The number of hydrogen-bond donors (Lipinski definition) is 2. The van der Waals surface area contributed by atoms with Crippen LogP contribution in [0.2, 0.25) is 0 Å². The molecule has 2 N–H and O–H groups in total. The van der Waals surface area contributed by atoms with E-state index in [2.05, 4.69) is 20.2 Å². The summed E-state index contributed by atoms with van der Waals surface area (Å²) in [5.41, 5.74) is 0.0306. The zero-order chi connectivity index (χ0) is 10.1. The summed E-state index contributed by atoms with van der Waals surface area (Å²) in [7, 11) is 1.75. The molecule has 2 rings (SSSR count). The number of nitrogens with zero attached hydrogens (tertiary/aromatic N) is 4. The number of carbonyl (C=O) groups is 1. The highest BCUT2D eigenvalue weighted by molar-refractivity contribution is 5.85. The van der Waals surface area contributed by atoms with E-state index in [1.165, 1.54) is 12.5 Å². The molecular weight excluding hydrogens is 186 g/mol. The van der Waals surface area contributed by atoms with Crippen molar-refractivity contribution in [2.24, 2.45) is 7.05 Å². The molecule has 0 atom stereocenters. The van der Waals surface area contributed by atoms with Gasteiger partial charge in [0.2, 0.25) is 0 Å². The van der Waals surface area contributed by atoms with Gasteiger partial charge >= 0.3 is 5.97 Å². The molecule has 2 aromatic rings. The Hall–Kier alpha value is -2.18. The van der Waals surface area contributed by atoms with Gasteiger partial charge in [0.05, 0.1) is 6.20 Å². The van der Waals surface area contributed by atoms with Gasteiger partial charge in [0, 0.05) is 7.05 Å². The number of aryl methyl sites for hydroxylation is 1. The normalized spacial score (nSPS) is 10.4. The average Bonchev–Trinajstić information content (AvgIpc) is 2.71. The molecule has 0 saturated carbocycles. The molecule has 0 radical (unpaired) electrons. The number of H-pyrrole nitrogens is 1. The molecule has 0 aromatic carbocycles. The minimum Gasteiger partial charge on any atom is -0.477 e. The summed E-state index contributed by atoms with van der Waals surface area (Å²) in [6.07, 6.45) is 2.75. The maximum atomic E-state index is 10.6. The van der Waals surface area contributed by atoms with E-state index in [1.54, 1.807) is 11.6 Å². The van der Waals surface area contributed by atoms with Gasteiger partial charge in [-0.3, -0.25) is 0 Å². The lowest BCUT2D eigenvalue weighted by Gasteiger charge is -1.93. The quantitative estimate of drug-likeness (QED) is 0.694. The van der Waals surface area contributed by atoms with Gasteiger partial charge in [-0.25, -0.2) is 9.78 Å². The Morgan fingerprint density at radius 1 is 1.64 bits per heavy atom. The van der Waals surface area contributed by atoms with Crippen molar-refractivity contribution in [2.45, 2.75) is 0 Å². The van der Waals surface area contributed by atoms with Gasteiger partial charge < -0.3 is 14.7 Å². The highest BCUT2D eigenvalue weighted by Gasteiger charge is 2.11.